The van der Waals surface area contributed by atoms with Crippen molar-refractivity contribution in [2.75, 3.05) is 100 Å². The van der Waals surface area contributed by atoms with Gasteiger partial charge in [0.25, 0.3) is 11.5 Å². The summed E-state index contributed by atoms with van der Waals surface area (Å²) in [7, 11) is 3.12. The molecule has 54 heavy (non-hydrogen) atoms. The molecule has 1 aliphatic rings. The summed E-state index contributed by atoms with van der Waals surface area (Å²) in [6.07, 6.45) is 1.23. The van der Waals surface area contributed by atoms with Crippen LogP contribution in [0.25, 0.3) is 10.9 Å². The summed E-state index contributed by atoms with van der Waals surface area (Å²) in [5, 5.41) is 3.79. The third kappa shape index (κ3) is 12.5. The molecule has 0 spiro atoms. The van der Waals surface area contributed by atoms with Crippen LogP contribution in [-0.2, 0) is 44.7 Å². The summed E-state index contributed by atoms with van der Waals surface area (Å²) in [6.45, 7) is 10.7. The maximum absolute atomic E-state index is 13.7. The van der Waals surface area contributed by atoms with Gasteiger partial charge >= 0.3 is 6.09 Å². The fraction of sp³-hybridized carbons (Fsp3) is 0.605. The van der Waals surface area contributed by atoms with Crippen LogP contribution in [0.5, 0.6) is 5.75 Å². The standard InChI is InChI=1S/C38H56N4O12/c1-27-24-34(47-5)32(36(43)40-27)25-39-37(44)35-29(3)42(33-9-7-6-8-31(33)35)28(2)30-10-12-41(13-11-30)38(45)52-22-20-49-16-17-50-21-23-53-54-26-51-19-18-48-15-14-46-4/h6-9,24,28,30H,10-23,25-26H2,1-5H3,(H,39,44)(H,40,43)/t28-/m1/s1. The number of H-pyrrole nitrogens is 1. The van der Waals surface area contributed by atoms with Crippen LogP contribution in [0.2, 0.25) is 0 Å². The minimum atomic E-state index is -0.355. The number of ether oxygens (including phenoxy) is 7. The Hall–Kier alpha value is -4.03. The van der Waals surface area contributed by atoms with Crippen LogP contribution in [-0.4, -0.2) is 127 Å². The first-order valence-corrected chi connectivity index (χ1v) is 18.4. The number of para-hydroxylation sites is 1. The number of piperidine rings is 1. The van der Waals surface area contributed by atoms with E-state index in [1.807, 2.05) is 31.2 Å². The molecule has 1 fully saturated rings. The number of carbonyl (C=O) groups excluding carboxylic acids is 2. The maximum Gasteiger partial charge on any atom is 0.409 e. The third-order valence-electron chi connectivity index (χ3n) is 9.30. The van der Waals surface area contributed by atoms with E-state index in [1.54, 1.807) is 25.0 Å². The predicted molar refractivity (Wildman–Crippen MR) is 199 cm³/mol. The van der Waals surface area contributed by atoms with Crippen molar-refractivity contribution in [3.63, 3.8) is 0 Å². The Labute approximate surface area is 316 Å². The van der Waals surface area contributed by atoms with Crippen LogP contribution in [0.15, 0.2) is 35.1 Å². The van der Waals surface area contributed by atoms with Crippen molar-refractivity contribution in [1.82, 2.24) is 19.8 Å². The molecule has 1 saturated heterocycles. The number of hydrogen-bond donors (Lipinski definition) is 2. The molecule has 2 aromatic heterocycles. The normalized spacial score (nSPS) is 14.1. The van der Waals surface area contributed by atoms with Crippen molar-refractivity contribution in [1.29, 1.82) is 0 Å². The number of aromatic nitrogens is 2. The van der Waals surface area contributed by atoms with Gasteiger partial charge in [-0.15, -0.1) is 0 Å². The summed E-state index contributed by atoms with van der Waals surface area (Å²) in [5.41, 5.74) is 3.12. The Morgan fingerprint density at radius 2 is 1.52 bits per heavy atom. The van der Waals surface area contributed by atoms with E-state index in [2.05, 4.69) is 21.8 Å². The van der Waals surface area contributed by atoms with Gasteiger partial charge in [-0.2, -0.15) is 0 Å². The van der Waals surface area contributed by atoms with E-state index in [0.29, 0.717) is 81.9 Å². The monoisotopic (exact) mass is 760 g/mol. The molecule has 0 unspecified atom stereocenters. The van der Waals surface area contributed by atoms with Gasteiger partial charge in [-0.3, -0.25) is 9.59 Å². The van der Waals surface area contributed by atoms with Gasteiger partial charge in [0.05, 0.1) is 77.6 Å². The van der Waals surface area contributed by atoms with Gasteiger partial charge in [0.1, 0.15) is 19.0 Å². The van der Waals surface area contributed by atoms with Gasteiger partial charge in [-0.25, -0.2) is 14.6 Å². The lowest BCUT2D eigenvalue weighted by atomic mass is 9.90. The van der Waals surface area contributed by atoms with Gasteiger partial charge in [0.15, 0.2) is 6.79 Å². The van der Waals surface area contributed by atoms with Crippen molar-refractivity contribution in [3.05, 3.63) is 63.2 Å². The summed E-state index contributed by atoms with van der Waals surface area (Å²) in [4.78, 5) is 53.4. The zero-order valence-electron chi connectivity index (χ0n) is 32.1. The van der Waals surface area contributed by atoms with Crippen LogP contribution in [0.3, 0.4) is 0 Å². The first kappa shape index (κ1) is 42.7. The number of benzene rings is 1. The number of methoxy groups -OCH3 is 2. The first-order valence-electron chi connectivity index (χ1n) is 18.4. The smallest absolute Gasteiger partial charge is 0.409 e. The highest BCUT2D eigenvalue weighted by Crippen LogP contribution is 2.36. The lowest BCUT2D eigenvalue weighted by molar-refractivity contribution is -0.340. The molecule has 16 heteroatoms. The Morgan fingerprint density at radius 1 is 0.870 bits per heavy atom. The van der Waals surface area contributed by atoms with Gasteiger partial charge < -0.3 is 52.9 Å². The molecule has 4 rings (SSSR count). The highest BCUT2D eigenvalue weighted by molar-refractivity contribution is 6.08. The molecular formula is C38H56N4O12. The minimum absolute atomic E-state index is 0.00111. The van der Waals surface area contributed by atoms with Crippen molar-refractivity contribution < 1.29 is 52.5 Å². The lowest BCUT2D eigenvalue weighted by Gasteiger charge is -2.35. The number of rotatable bonds is 24. The van der Waals surface area contributed by atoms with E-state index in [9.17, 15) is 14.4 Å². The highest BCUT2D eigenvalue weighted by Gasteiger charge is 2.31. The molecule has 0 aliphatic carbocycles. The summed E-state index contributed by atoms with van der Waals surface area (Å²) >= 11 is 0. The second-order valence-electron chi connectivity index (χ2n) is 12.8. The topological polar surface area (TPSA) is 170 Å². The number of likely N-dealkylation sites (tertiary alicyclic amines) is 1. The van der Waals surface area contributed by atoms with Gasteiger partial charge in [-0.1, -0.05) is 18.2 Å². The largest absolute Gasteiger partial charge is 0.496 e. The number of aromatic amines is 1. The molecule has 0 bridgehead atoms. The summed E-state index contributed by atoms with van der Waals surface area (Å²) in [6, 6.07) is 9.66. The number of nitrogens with one attached hydrogen (secondary N) is 2. The molecule has 16 nitrogen and oxygen atoms in total. The minimum Gasteiger partial charge on any atom is -0.496 e. The Bertz CT molecular complexity index is 1650. The molecule has 300 valence electrons. The van der Waals surface area contributed by atoms with E-state index in [-0.39, 0.29) is 62.7 Å². The van der Waals surface area contributed by atoms with Crippen LogP contribution in [0.4, 0.5) is 4.79 Å². The summed E-state index contributed by atoms with van der Waals surface area (Å²) < 4.78 is 39.4. The molecular weight excluding hydrogens is 704 g/mol. The number of pyridine rings is 1. The molecule has 0 saturated carbocycles. The molecule has 1 aromatic carbocycles. The first-order chi connectivity index (χ1) is 26.3. The lowest BCUT2D eigenvalue weighted by Crippen LogP contribution is -2.40. The van der Waals surface area contributed by atoms with Gasteiger partial charge in [0.2, 0.25) is 0 Å². The van der Waals surface area contributed by atoms with E-state index in [4.69, 9.17) is 42.9 Å². The molecule has 2 amide bonds. The molecule has 3 aromatic rings. The van der Waals surface area contributed by atoms with E-state index in [0.717, 1.165) is 29.4 Å². The fourth-order valence-electron chi connectivity index (χ4n) is 6.51. The average Bonchev–Trinajstić information content (AvgIpc) is 3.47. The van der Waals surface area contributed by atoms with Crippen molar-refractivity contribution in [2.24, 2.45) is 5.92 Å². The molecule has 0 radical (unpaired) electrons. The summed E-state index contributed by atoms with van der Waals surface area (Å²) in [5.74, 6) is 0.443. The van der Waals surface area contributed by atoms with Crippen LogP contribution < -0.4 is 15.6 Å². The molecule has 1 aliphatic heterocycles. The number of nitrogens with zero attached hydrogens (tertiary/aromatic N) is 2. The number of hydrogen-bond acceptors (Lipinski definition) is 12. The number of amides is 2. The second-order valence-corrected chi connectivity index (χ2v) is 12.8. The quantitative estimate of drug-likeness (QED) is 0.0585. The van der Waals surface area contributed by atoms with Crippen molar-refractivity contribution >= 4 is 22.9 Å². The maximum atomic E-state index is 13.7. The predicted octanol–water partition coefficient (Wildman–Crippen LogP) is 3.91. The Balaban J connectivity index is 1.13. The van der Waals surface area contributed by atoms with E-state index >= 15 is 0 Å². The number of aryl methyl sites for hydroxylation is 1. The average molecular weight is 761 g/mol. The van der Waals surface area contributed by atoms with Crippen molar-refractivity contribution in [2.45, 2.75) is 46.2 Å². The third-order valence-corrected chi connectivity index (χ3v) is 9.30. The van der Waals surface area contributed by atoms with Crippen LogP contribution >= 0.6 is 0 Å². The SMILES string of the molecule is COCCOCCOCOOCCOCCOCCOC(=O)N1CCC([C@@H](C)n2c(C)c(C(=O)NCc3c(OC)cc(C)[nH]c3=O)c3ccccc32)CC1. The number of carbonyl (C=O) groups is 2. The molecule has 1 atom stereocenters. The Kier molecular flexibility index (Phi) is 18.2. The number of fused-ring (bicyclic) bond motifs is 1. The molecule has 2 N–H and O–H groups in total. The zero-order chi connectivity index (χ0) is 38.7. The van der Waals surface area contributed by atoms with E-state index in [1.165, 1.54) is 7.11 Å². The zero-order valence-corrected chi connectivity index (χ0v) is 32.1. The van der Waals surface area contributed by atoms with Crippen LogP contribution in [0.1, 0.15) is 53.1 Å². The van der Waals surface area contributed by atoms with Crippen LogP contribution in [0, 0.1) is 19.8 Å². The van der Waals surface area contributed by atoms with Crippen molar-refractivity contribution in [3.8, 4) is 5.75 Å². The van der Waals surface area contributed by atoms with E-state index < -0.39 is 0 Å². The Morgan fingerprint density at radius 3 is 2.22 bits per heavy atom. The molecule has 3 heterocycles. The highest BCUT2D eigenvalue weighted by atomic mass is 17.2. The van der Waals surface area contributed by atoms with Gasteiger partial charge in [-0.05, 0) is 51.7 Å². The van der Waals surface area contributed by atoms with Gasteiger partial charge in [0, 0.05) is 48.5 Å². The fourth-order valence-corrected chi connectivity index (χ4v) is 6.51. The second kappa shape index (κ2) is 23.0.